The molecule has 0 bridgehead atoms. The Morgan fingerprint density at radius 2 is 2.07 bits per heavy atom. The molecule has 0 N–H and O–H groups in total. The van der Waals surface area contributed by atoms with Crippen LogP contribution >= 0.6 is 23.2 Å². The number of carbonyl (C=O) groups excluding carboxylic acids is 1. The van der Waals surface area contributed by atoms with E-state index in [1.54, 1.807) is 36.1 Å². The van der Waals surface area contributed by atoms with Crippen LogP contribution < -0.4 is 4.74 Å². The fourth-order valence-electron chi connectivity index (χ4n) is 3.90. The number of likely N-dealkylation sites (tertiary alicyclic amines) is 1. The molecule has 4 rings (SSSR count). The number of hydrogen-bond donors (Lipinski definition) is 0. The normalized spacial score (nSPS) is 16.5. The number of ether oxygens (including phenoxy) is 1. The van der Waals surface area contributed by atoms with E-state index >= 15 is 0 Å². The molecule has 30 heavy (non-hydrogen) atoms. The van der Waals surface area contributed by atoms with Gasteiger partial charge < -0.3 is 9.64 Å². The first kappa shape index (κ1) is 20.7. The first-order chi connectivity index (χ1) is 14.5. The molecule has 1 amide bonds. The number of aromatic nitrogens is 3. The number of hydrogen-bond acceptors (Lipinski definition) is 4. The summed E-state index contributed by atoms with van der Waals surface area (Å²) in [5.74, 6) is 0.614. The first-order valence-corrected chi connectivity index (χ1v) is 10.6. The van der Waals surface area contributed by atoms with Gasteiger partial charge in [-0.05, 0) is 49.9 Å². The fraction of sp³-hybridized carbons (Fsp3) is 0.318. The maximum Gasteiger partial charge on any atom is 0.261 e. The summed E-state index contributed by atoms with van der Waals surface area (Å²) in [5, 5.41) is 5.33. The zero-order chi connectivity index (χ0) is 21.3. The Morgan fingerprint density at radius 3 is 2.83 bits per heavy atom. The average Bonchev–Trinajstić information content (AvgIpc) is 3.03. The molecule has 3 aromatic rings. The number of piperidine rings is 1. The van der Waals surface area contributed by atoms with Crippen LogP contribution in [0.3, 0.4) is 0 Å². The summed E-state index contributed by atoms with van der Waals surface area (Å²) in [6, 6.07) is 8.86. The van der Waals surface area contributed by atoms with Crippen molar-refractivity contribution in [2.45, 2.75) is 32.2 Å². The standard InChI is InChI=1S/C22H22Cl2N4O2/c1-14-20(22(27(2)26-14)30-19-12-16(23)8-9-17(19)24)21(29)28-11-4-3-7-18(28)15-6-5-10-25-13-15/h5-6,8-10,12-13,18H,3-4,7,11H2,1-2H3. The van der Waals surface area contributed by atoms with Gasteiger partial charge >= 0.3 is 0 Å². The Morgan fingerprint density at radius 1 is 1.23 bits per heavy atom. The van der Waals surface area contributed by atoms with E-state index in [0.717, 1.165) is 24.8 Å². The van der Waals surface area contributed by atoms with Crippen molar-refractivity contribution in [1.29, 1.82) is 0 Å². The molecule has 6 nitrogen and oxygen atoms in total. The number of aryl methyl sites for hydroxylation is 2. The van der Waals surface area contributed by atoms with E-state index in [4.69, 9.17) is 27.9 Å². The molecule has 1 fully saturated rings. The van der Waals surface area contributed by atoms with Crippen LogP contribution in [-0.2, 0) is 7.05 Å². The molecule has 0 aliphatic carbocycles. The topological polar surface area (TPSA) is 60.3 Å². The average molecular weight is 445 g/mol. The van der Waals surface area contributed by atoms with Crippen LogP contribution in [0.1, 0.15) is 46.9 Å². The van der Waals surface area contributed by atoms with Gasteiger partial charge in [0.05, 0.1) is 16.8 Å². The van der Waals surface area contributed by atoms with E-state index in [0.29, 0.717) is 39.5 Å². The summed E-state index contributed by atoms with van der Waals surface area (Å²) in [7, 11) is 1.74. The second-order valence-electron chi connectivity index (χ2n) is 7.36. The monoisotopic (exact) mass is 444 g/mol. The minimum Gasteiger partial charge on any atom is -0.437 e. The summed E-state index contributed by atoms with van der Waals surface area (Å²) >= 11 is 12.4. The highest BCUT2D eigenvalue weighted by Gasteiger charge is 2.33. The molecule has 1 aliphatic heterocycles. The van der Waals surface area contributed by atoms with Gasteiger partial charge in [-0.15, -0.1) is 0 Å². The van der Waals surface area contributed by atoms with Crippen molar-refractivity contribution in [1.82, 2.24) is 19.7 Å². The predicted octanol–water partition coefficient (Wildman–Crippen LogP) is 5.59. The molecular formula is C22H22Cl2N4O2. The van der Waals surface area contributed by atoms with Crippen LogP contribution in [0.25, 0.3) is 0 Å². The summed E-state index contributed by atoms with van der Waals surface area (Å²) in [5.41, 5.74) is 2.07. The van der Waals surface area contributed by atoms with Gasteiger partial charge in [-0.2, -0.15) is 5.10 Å². The first-order valence-electron chi connectivity index (χ1n) is 9.83. The molecule has 2 aromatic heterocycles. The van der Waals surface area contributed by atoms with E-state index in [1.165, 1.54) is 0 Å². The zero-order valence-corrected chi connectivity index (χ0v) is 18.3. The summed E-state index contributed by atoms with van der Waals surface area (Å²) in [4.78, 5) is 19.8. The summed E-state index contributed by atoms with van der Waals surface area (Å²) in [6.45, 7) is 2.48. The highest BCUT2D eigenvalue weighted by molar-refractivity contribution is 6.34. The second kappa shape index (κ2) is 8.66. The number of pyridine rings is 1. The lowest BCUT2D eigenvalue weighted by molar-refractivity contribution is 0.0607. The molecule has 1 atom stereocenters. The van der Waals surface area contributed by atoms with E-state index in [-0.39, 0.29) is 11.9 Å². The molecule has 0 radical (unpaired) electrons. The van der Waals surface area contributed by atoms with Gasteiger partial charge in [0.15, 0.2) is 0 Å². The Balaban J connectivity index is 1.71. The molecule has 8 heteroatoms. The molecule has 1 aliphatic rings. The number of nitrogens with zero attached hydrogens (tertiary/aromatic N) is 4. The van der Waals surface area contributed by atoms with E-state index in [1.807, 2.05) is 30.2 Å². The number of halogens is 2. The molecule has 1 aromatic carbocycles. The van der Waals surface area contributed by atoms with Crippen molar-refractivity contribution in [3.8, 4) is 11.6 Å². The maximum absolute atomic E-state index is 13.7. The Kier molecular flexibility index (Phi) is 5.97. The van der Waals surface area contributed by atoms with Gasteiger partial charge in [0.2, 0.25) is 5.88 Å². The SMILES string of the molecule is Cc1nn(C)c(Oc2cc(Cl)ccc2Cl)c1C(=O)N1CCCCC1c1cccnc1. The molecule has 0 saturated carbocycles. The second-order valence-corrected chi connectivity index (χ2v) is 8.21. The molecule has 1 saturated heterocycles. The predicted molar refractivity (Wildman–Crippen MR) is 116 cm³/mol. The Labute approximate surface area is 185 Å². The lowest BCUT2D eigenvalue weighted by Crippen LogP contribution is -2.38. The van der Waals surface area contributed by atoms with Gasteiger partial charge in [-0.3, -0.25) is 9.78 Å². The van der Waals surface area contributed by atoms with Gasteiger partial charge in [-0.25, -0.2) is 4.68 Å². The van der Waals surface area contributed by atoms with Crippen molar-refractivity contribution in [2.75, 3.05) is 6.54 Å². The van der Waals surface area contributed by atoms with Gasteiger partial charge in [-0.1, -0.05) is 29.3 Å². The van der Waals surface area contributed by atoms with Gasteiger partial charge in [0.25, 0.3) is 5.91 Å². The molecule has 0 spiro atoms. The number of carbonyl (C=O) groups is 1. The van der Waals surface area contributed by atoms with Crippen LogP contribution in [0.15, 0.2) is 42.7 Å². The van der Waals surface area contributed by atoms with Gasteiger partial charge in [0.1, 0.15) is 11.3 Å². The van der Waals surface area contributed by atoms with E-state index < -0.39 is 0 Å². The minimum atomic E-state index is -0.109. The third-order valence-electron chi connectivity index (χ3n) is 5.32. The smallest absolute Gasteiger partial charge is 0.261 e. The third-order valence-corrected chi connectivity index (χ3v) is 5.86. The van der Waals surface area contributed by atoms with Crippen molar-refractivity contribution in [3.05, 3.63) is 69.6 Å². The number of amides is 1. The molecule has 156 valence electrons. The highest BCUT2D eigenvalue weighted by atomic mass is 35.5. The zero-order valence-electron chi connectivity index (χ0n) is 16.8. The van der Waals surface area contributed by atoms with Crippen LogP contribution in [-0.4, -0.2) is 32.1 Å². The maximum atomic E-state index is 13.7. The van der Waals surface area contributed by atoms with Crippen molar-refractivity contribution >= 4 is 29.1 Å². The van der Waals surface area contributed by atoms with E-state index in [9.17, 15) is 4.79 Å². The fourth-order valence-corrected chi connectivity index (χ4v) is 4.22. The Bertz CT molecular complexity index is 1070. The highest BCUT2D eigenvalue weighted by Crippen LogP contribution is 2.37. The van der Waals surface area contributed by atoms with Crippen molar-refractivity contribution in [3.63, 3.8) is 0 Å². The van der Waals surface area contributed by atoms with Crippen LogP contribution in [0, 0.1) is 6.92 Å². The minimum absolute atomic E-state index is 0.0258. The van der Waals surface area contributed by atoms with Crippen molar-refractivity contribution < 1.29 is 9.53 Å². The van der Waals surface area contributed by atoms with Crippen LogP contribution in [0.5, 0.6) is 11.6 Å². The lowest BCUT2D eigenvalue weighted by Gasteiger charge is -2.36. The number of benzene rings is 1. The van der Waals surface area contributed by atoms with E-state index in [2.05, 4.69) is 10.1 Å². The summed E-state index contributed by atoms with van der Waals surface area (Å²) < 4.78 is 7.61. The van der Waals surface area contributed by atoms with Crippen LogP contribution in [0.4, 0.5) is 0 Å². The lowest BCUT2D eigenvalue weighted by atomic mass is 9.95. The molecular weight excluding hydrogens is 423 g/mol. The molecule has 1 unspecified atom stereocenters. The molecule has 3 heterocycles. The van der Waals surface area contributed by atoms with Crippen molar-refractivity contribution in [2.24, 2.45) is 7.05 Å². The Hall–Kier alpha value is -2.57. The van der Waals surface area contributed by atoms with Crippen LogP contribution in [0.2, 0.25) is 10.0 Å². The number of rotatable bonds is 4. The quantitative estimate of drug-likeness (QED) is 0.525. The largest absolute Gasteiger partial charge is 0.437 e. The van der Waals surface area contributed by atoms with Gasteiger partial charge in [0, 0.05) is 37.1 Å². The summed E-state index contributed by atoms with van der Waals surface area (Å²) in [6.07, 6.45) is 6.49. The third kappa shape index (κ3) is 4.02.